The van der Waals surface area contributed by atoms with E-state index < -0.39 is 15.4 Å². The van der Waals surface area contributed by atoms with E-state index in [1.54, 1.807) is 30.5 Å². The zero-order valence-corrected chi connectivity index (χ0v) is 17.3. The van der Waals surface area contributed by atoms with E-state index in [0.717, 1.165) is 18.5 Å². The third-order valence-corrected chi connectivity index (χ3v) is 6.42. The van der Waals surface area contributed by atoms with Gasteiger partial charge in [-0.3, -0.25) is 4.55 Å². The Morgan fingerprint density at radius 1 is 1.11 bits per heavy atom. The second kappa shape index (κ2) is 7.97. The standard InChI is InChI=1S/C18H20O3S.C4H7NO/c1-18(2)11-10-14-12-15(8-9-16(14)18)17(22(19,20)21)13-6-4-3-5-7-13;1-4-2-6-3-5-4/h3-9,12,17H,10-11H2,1-2H3,(H,19,20,21);2,5H,3H2,1H3. The average molecular weight is 402 g/mol. The maximum atomic E-state index is 11.9. The Hall–Kier alpha value is -2.31. The van der Waals surface area contributed by atoms with Crippen LogP contribution in [0.25, 0.3) is 0 Å². The summed E-state index contributed by atoms with van der Waals surface area (Å²) in [4.78, 5) is 0. The number of hydrogen-bond acceptors (Lipinski definition) is 4. The first-order valence-corrected chi connectivity index (χ1v) is 10.9. The number of hydrogen-bond donors (Lipinski definition) is 2. The molecule has 0 bridgehead atoms. The minimum atomic E-state index is -4.22. The van der Waals surface area contributed by atoms with Gasteiger partial charge < -0.3 is 10.1 Å². The smallest absolute Gasteiger partial charge is 0.276 e. The highest BCUT2D eigenvalue weighted by Gasteiger charge is 2.32. The molecule has 1 aliphatic carbocycles. The number of fused-ring (bicyclic) bond motifs is 1. The van der Waals surface area contributed by atoms with Crippen molar-refractivity contribution in [1.82, 2.24) is 5.32 Å². The molecule has 2 aliphatic rings. The van der Waals surface area contributed by atoms with Gasteiger partial charge in [0.25, 0.3) is 10.1 Å². The van der Waals surface area contributed by atoms with E-state index >= 15 is 0 Å². The lowest BCUT2D eigenvalue weighted by atomic mass is 9.86. The number of allylic oxidation sites excluding steroid dienone is 1. The van der Waals surface area contributed by atoms with E-state index in [-0.39, 0.29) is 5.41 Å². The predicted molar refractivity (Wildman–Crippen MR) is 110 cm³/mol. The first-order valence-electron chi connectivity index (χ1n) is 9.35. The molecule has 0 amide bonds. The number of aryl methyl sites for hydroxylation is 1. The Morgan fingerprint density at radius 3 is 2.36 bits per heavy atom. The van der Waals surface area contributed by atoms with E-state index in [4.69, 9.17) is 4.74 Å². The van der Waals surface area contributed by atoms with Crippen molar-refractivity contribution in [3.05, 3.63) is 82.7 Å². The van der Waals surface area contributed by atoms with Crippen LogP contribution in [0.1, 0.15) is 54.7 Å². The summed E-state index contributed by atoms with van der Waals surface area (Å²) in [7, 11) is -4.22. The Bertz CT molecular complexity index is 965. The summed E-state index contributed by atoms with van der Waals surface area (Å²) in [5.74, 6) is 0. The van der Waals surface area contributed by atoms with Gasteiger partial charge in [0.05, 0.1) is 0 Å². The van der Waals surface area contributed by atoms with E-state index in [9.17, 15) is 13.0 Å². The summed E-state index contributed by atoms with van der Waals surface area (Å²) in [5, 5.41) is 1.93. The van der Waals surface area contributed by atoms with E-state index in [1.165, 1.54) is 11.1 Å². The zero-order chi connectivity index (χ0) is 20.4. The molecule has 0 aromatic heterocycles. The van der Waals surface area contributed by atoms with Crippen LogP contribution in [0.4, 0.5) is 0 Å². The van der Waals surface area contributed by atoms with Gasteiger partial charge in [-0.05, 0) is 47.4 Å². The first-order chi connectivity index (χ1) is 13.2. The van der Waals surface area contributed by atoms with Crippen LogP contribution in [0.3, 0.4) is 0 Å². The van der Waals surface area contributed by atoms with Crippen molar-refractivity contribution in [2.45, 2.75) is 44.3 Å². The summed E-state index contributed by atoms with van der Waals surface area (Å²) in [5.41, 5.74) is 4.92. The van der Waals surface area contributed by atoms with Crippen molar-refractivity contribution in [3.8, 4) is 0 Å². The summed E-state index contributed by atoms with van der Waals surface area (Å²) in [6.45, 7) is 7.02. The molecule has 1 unspecified atom stereocenters. The molecule has 1 heterocycles. The molecule has 6 heteroatoms. The minimum absolute atomic E-state index is 0.133. The lowest BCUT2D eigenvalue weighted by Gasteiger charge is -2.20. The quantitative estimate of drug-likeness (QED) is 0.750. The molecule has 5 nitrogen and oxygen atoms in total. The van der Waals surface area contributed by atoms with Gasteiger partial charge in [-0.15, -0.1) is 0 Å². The summed E-state index contributed by atoms with van der Waals surface area (Å²) < 4.78 is 38.3. The van der Waals surface area contributed by atoms with Gasteiger partial charge in [-0.2, -0.15) is 8.42 Å². The van der Waals surface area contributed by atoms with Crippen LogP contribution >= 0.6 is 0 Å². The lowest BCUT2D eigenvalue weighted by Crippen LogP contribution is -2.15. The highest BCUT2D eigenvalue weighted by molar-refractivity contribution is 7.86. The lowest BCUT2D eigenvalue weighted by molar-refractivity contribution is 0.267. The van der Waals surface area contributed by atoms with Crippen LogP contribution in [0.2, 0.25) is 0 Å². The molecule has 150 valence electrons. The van der Waals surface area contributed by atoms with E-state index in [2.05, 4.69) is 19.2 Å². The number of ether oxygens (including phenoxy) is 1. The second-order valence-corrected chi connectivity index (χ2v) is 9.40. The van der Waals surface area contributed by atoms with Crippen LogP contribution in [0.5, 0.6) is 0 Å². The molecule has 0 saturated heterocycles. The van der Waals surface area contributed by atoms with Crippen molar-refractivity contribution < 1.29 is 17.7 Å². The largest absolute Gasteiger partial charge is 0.479 e. The van der Waals surface area contributed by atoms with Crippen LogP contribution in [0.15, 0.2) is 60.5 Å². The highest BCUT2D eigenvalue weighted by Crippen LogP contribution is 2.40. The van der Waals surface area contributed by atoms with Gasteiger partial charge in [0.15, 0.2) is 6.73 Å². The molecule has 2 aromatic carbocycles. The fraction of sp³-hybridized carbons (Fsp3) is 0.364. The zero-order valence-electron chi connectivity index (χ0n) is 16.5. The second-order valence-electron chi connectivity index (χ2n) is 7.89. The van der Waals surface area contributed by atoms with Crippen LogP contribution < -0.4 is 5.32 Å². The molecule has 4 rings (SSSR count). The fourth-order valence-electron chi connectivity index (χ4n) is 3.75. The summed E-state index contributed by atoms with van der Waals surface area (Å²) >= 11 is 0. The molecule has 0 spiro atoms. The summed E-state index contributed by atoms with van der Waals surface area (Å²) in [6, 6.07) is 14.6. The first kappa shape index (κ1) is 20.4. The topological polar surface area (TPSA) is 75.6 Å². The molecule has 0 saturated carbocycles. The number of nitrogens with one attached hydrogen (secondary N) is 1. The van der Waals surface area contributed by atoms with Crippen molar-refractivity contribution >= 4 is 10.1 Å². The molecule has 2 aromatic rings. The normalized spacial score (nSPS) is 18.1. The van der Waals surface area contributed by atoms with Crippen molar-refractivity contribution in [2.75, 3.05) is 6.73 Å². The van der Waals surface area contributed by atoms with E-state index in [1.807, 2.05) is 31.2 Å². The maximum Gasteiger partial charge on any atom is 0.276 e. The van der Waals surface area contributed by atoms with Gasteiger partial charge in [0.2, 0.25) is 0 Å². The monoisotopic (exact) mass is 401 g/mol. The van der Waals surface area contributed by atoms with Crippen LogP contribution in [-0.2, 0) is 26.7 Å². The summed E-state index contributed by atoms with van der Waals surface area (Å²) in [6.07, 6.45) is 3.72. The van der Waals surface area contributed by atoms with Crippen LogP contribution in [-0.4, -0.2) is 19.7 Å². The minimum Gasteiger partial charge on any atom is -0.479 e. The fourth-order valence-corrected chi connectivity index (χ4v) is 4.75. The molecule has 2 N–H and O–H groups in total. The Balaban J connectivity index is 0.000000320. The molecule has 1 aliphatic heterocycles. The molecule has 28 heavy (non-hydrogen) atoms. The van der Waals surface area contributed by atoms with E-state index in [0.29, 0.717) is 17.9 Å². The van der Waals surface area contributed by atoms with Crippen molar-refractivity contribution in [3.63, 3.8) is 0 Å². The molecule has 1 atom stereocenters. The van der Waals surface area contributed by atoms with Gasteiger partial charge in [-0.1, -0.05) is 62.4 Å². The predicted octanol–water partition coefficient (Wildman–Crippen LogP) is 4.31. The molecule has 0 radical (unpaired) electrons. The van der Waals surface area contributed by atoms with Gasteiger partial charge >= 0.3 is 0 Å². The van der Waals surface area contributed by atoms with Crippen LogP contribution in [0, 0.1) is 0 Å². The highest BCUT2D eigenvalue weighted by atomic mass is 32.2. The van der Waals surface area contributed by atoms with Gasteiger partial charge in [-0.25, -0.2) is 0 Å². The average Bonchev–Trinajstić information content (AvgIpc) is 3.22. The SMILES string of the molecule is CC1(C)CCc2cc(C(c3ccccc3)S(=O)(=O)O)ccc21.CC1=COCN1. The number of rotatable bonds is 3. The third-order valence-electron chi connectivity index (χ3n) is 5.28. The van der Waals surface area contributed by atoms with Crippen molar-refractivity contribution in [1.29, 1.82) is 0 Å². The van der Waals surface area contributed by atoms with Gasteiger partial charge in [0.1, 0.15) is 11.5 Å². The molecular formula is C22H27NO4S. The Morgan fingerprint density at radius 2 is 1.82 bits per heavy atom. The van der Waals surface area contributed by atoms with Gasteiger partial charge in [0, 0.05) is 5.70 Å². The van der Waals surface area contributed by atoms with Crippen molar-refractivity contribution in [2.24, 2.45) is 0 Å². The Kier molecular flexibility index (Phi) is 5.82. The maximum absolute atomic E-state index is 11.9. The molecular weight excluding hydrogens is 374 g/mol. The molecule has 0 fully saturated rings. The Labute approximate surface area is 167 Å². The third kappa shape index (κ3) is 4.56. The number of benzene rings is 2.